The van der Waals surface area contributed by atoms with E-state index in [1.54, 1.807) is 6.92 Å². The van der Waals surface area contributed by atoms with Gasteiger partial charge in [-0.25, -0.2) is 4.79 Å². The maximum atomic E-state index is 12.3. The van der Waals surface area contributed by atoms with Crippen molar-refractivity contribution >= 4 is 17.8 Å². The lowest BCUT2D eigenvalue weighted by Crippen LogP contribution is -2.63. The lowest BCUT2D eigenvalue weighted by molar-refractivity contribution is -0.163. The second-order valence-electron chi connectivity index (χ2n) is 7.83. The van der Waals surface area contributed by atoms with Gasteiger partial charge in [-0.2, -0.15) is 0 Å². The van der Waals surface area contributed by atoms with E-state index < -0.39 is 18.0 Å². The van der Waals surface area contributed by atoms with Gasteiger partial charge in [-0.3, -0.25) is 14.5 Å². The van der Waals surface area contributed by atoms with Crippen LogP contribution in [0.1, 0.15) is 33.1 Å². The van der Waals surface area contributed by atoms with Gasteiger partial charge in [-0.15, -0.1) is 0 Å². The number of aliphatic hydroxyl groups excluding tert-OH is 1. The van der Waals surface area contributed by atoms with Gasteiger partial charge in [0.15, 0.2) is 0 Å². The van der Waals surface area contributed by atoms with Gasteiger partial charge in [-0.05, 0) is 37.8 Å². The Morgan fingerprint density at radius 1 is 1.38 bits per heavy atom. The minimum Gasteiger partial charge on any atom is -0.477 e. The first-order valence-corrected chi connectivity index (χ1v) is 9.20. The first-order chi connectivity index (χ1) is 12.2. The molecule has 0 spiro atoms. The van der Waals surface area contributed by atoms with Gasteiger partial charge in [0.25, 0.3) is 0 Å². The Kier molecular flexibility index (Phi) is 5.07. The Labute approximate surface area is 152 Å². The van der Waals surface area contributed by atoms with Gasteiger partial charge >= 0.3 is 5.97 Å². The third-order valence-corrected chi connectivity index (χ3v) is 6.08. The Bertz CT molecular complexity index is 659. The zero-order valence-electron chi connectivity index (χ0n) is 15.2. The molecule has 3 heterocycles. The van der Waals surface area contributed by atoms with Gasteiger partial charge in [0.2, 0.25) is 11.8 Å². The zero-order valence-corrected chi connectivity index (χ0v) is 15.2. The minimum absolute atomic E-state index is 0.0879. The zero-order chi connectivity index (χ0) is 19.2. The summed E-state index contributed by atoms with van der Waals surface area (Å²) in [6.07, 6.45) is 1.30. The van der Waals surface area contributed by atoms with Crippen molar-refractivity contribution in [2.45, 2.75) is 45.3 Å². The van der Waals surface area contributed by atoms with E-state index in [2.05, 4.69) is 4.90 Å². The van der Waals surface area contributed by atoms with Gasteiger partial charge in [0, 0.05) is 25.4 Å². The number of carbonyl (C=O) groups is 3. The number of amides is 2. The molecule has 2 unspecified atom stereocenters. The van der Waals surface area contributed by atoms with Gasteiger partial charge in [0.05, 0.1) is 18.1 Å². The van der Waals surface area contributed by atoms with Crippen molar-refractivity contribution in [3.63, 3.8) is 0 Å². The number of likely N-dealkylation sites (tertiary alicyclic amines) is 1. The van der Waals surface area contributed by atoms with Crippen LogP contribution < -0.4 is 5.73 Å². The molecule has 8 heteroatoms. The number of fused-ring (bicyclic) bond motifs is 1. The molecule has 5 atom stereocenters. The fraction of sp³-hybridized carbons (Fsp3) is 0.722. The predicted molar refractivity (Wildman–Crippen MR) is 92.6 cm³/mol. The summed E-state index contributed by atoms with van der Waals surface area (Å²) in [5.41, 5.74) is 6.06. The largest absolute Gasteiger partial charge is 0.477 e. The first kappa shape index (κ1) is 18.8. The molecule has 2 saturated heterocycles. The molecule has 0 saturated carbocycles. The van der Waals surface area contributed by atoms with E-state index >= 15 is 0 Å². The summed E-state index contributed by atoms with van der Waals surface area (Å²) < 4.78 is 0. The van der Waals surface area contributed by atoms with Crippen LogP contribution in [0.5, 0.6) is 0 Å². The van der Waals surface area contributed by atoms with Crippen molar-refractivity contribution in [1.82, 2.24) is 9.80 Å². The van der Waals surface area contributed by atoms with E-state index in [4.69, 9.17) is 5.73 Å². The number of aliphatic hydroxyl groups is 1. The highest BCUT2D eigenvalue weighted by molar-refractivity contribution is 6.00. The van der Waals surface area contributed by atoms with E-state index in [1.165, 1.54) is 4.90 Å². The average Bonchev–Trinajstić information content (AvgIpc) is 3.08. The van der Waals surface area contributed by atoms with Crippen molar-refractivity contribution in [3.8, 4) is 0 Å². The number of hydrogen-bond acceptors (Lipinski definition) is 5. The maximum absolute atomic E-state index is 12.3. The number of nitrogens with zero attached hydrogens (tertiary/aromatic N) is 2. The number of carboxylic acid groups (broad SMARTS) is 1. The standard InChI is InChI=1S/C18H27N3O5/c1-9-12(8-20-6-5-11(7-20)3-4-13(19)23)16(18(25)26)21-15(9)14(10(2)22)17(21)24/h9-11,14-15,22H,3-8H2,1-2H3,(H2,19,23)(H,25,26)/t9-,10+,11-,14?,15?/m0/s1. The molecule has 0 aromatic rings. The number of hydrogen-bond donors (Lipinski definition) is 3. The number of carboxylic acids is 1. The highest BCUT2D eigenvalue weighted by Crippen LogP contribution is 2.47. The number of primary amides is 1. The first-order valence-electron chi connectivity index (χ1n) is 9.20. The molecule has 3 aliphatic heterocycles. The predicted octanol–water partition coefficient (Wildman–Crippen LogP) is -0.230. The van der Waals surface area contributed by atoms with Crippen molar-refractivity contribution in [2.24, 2.45) is 23.5 Å². The number of nitrogens with two attached hydrogens (primary N) is 1. The van der Waals surface area contributed by atoms with E-state index in [0.29, 0.717) is 18.9 Å². The van der Waals surface area contributed by atoms with Gasteiger partial charge in [0.1, 0.15) is 5.70 Å². The molecular formula is C18H27N3O5. The molecule has 0 radical (unpaired) electrons. The number of aliphatic carboxylic acids is 1. The second kappa shape index (κ2) is 7.00. The Hall–Kier alpha value is -1.93. The van der Waals surface area contributed by atoms with Crippen LogP contribution in [0.4, 0.5) is 0 Å². The van der Waals surface area contributed by atoms with Crippen LogP contribution in [0.2, 0.25) is 0 Å². The van der Waals surface area contributed by atoms with Gasteiger partial charge in [-0.1, -0.05) is 6.92 Å². The lowest BCUT2D eigenvalue weighted by Gasteiger charge is -2.46. The van der Waals surface area contributed by atoms with Crippen molar-refractivity contribution in [2.75, 3.05) is 19.6 Å². The molecule has 26 heavy (non-hydrogen) atoms. The topological polar surface area (TPSA) is 124 Å². The van der Waals surface area contributed by atoms with E-state index in [9.17, 15) is 24.6 Å². The summed E-state index contributed by atoms with van der Waals surface area (Å²) in [5, 5.41) is 19.5. The van der Waals surface area contributed by atoms with Crippen LogP contribution in [0.25, 0.3) is 0 Å². The van der Waals surface area contributed by atoms with E-state index in [-0.39, 0.29) is 29.5 Å². The molecule has 2 amide bonds. The third kappa shape index (κ3) is 3.12. The van der Waals surface area contributed by atoms with Gasteiger partial charge < -0.3 is 20.8 Å². The van der Waals surface area contributed by atoms with Crippen LogP contribution in [-0.2, 0) is 14.4 Å². The van der Waals surface area contributed by atoms with E-state index in [0.717, 1.165) is 31.5 Å². The SMILES string of the molecule is C[C@@H](O)C1C(=O)N2C(C(=O)O)=C(CN3CC[C@H](CCC(N)=O)C3)[C@H](C)C12. The highest BCUT2D eigenvalue weighted by atomic mass is 16.4. The van der Waals surface area contributed by atoms with Crippen molar-refractivity contribution in [3.05, 3.63) is 11.3 Å². The van der Waals surface area contributed by atoms with Crippen LogP contribution in [0, 0.1) is 17.8 Å². The van der Waals surface area contributed by atoms with Crippen molar-refractivity contribution in [1.29, 1.82) is 0 Å². The smallest absolute Gasteiger partial charge is 0.352 e. The molecule has 0 aromatic carbocycles. The number of rotatable bonds is 7. The summed E-state index contributed by atoms with van der Waals surface area (Å²) in [7, 11) is 0. The molecule has 0 aliphatic carbocycles. The molecule has 0 bridgehead atoms. The van der Waals surface area contributed by atoms with E-state index in [1.807, 2.05) is 6.92 Å². The van der Waals surface area contributed by atoms with Crippen LogP contribution >= 0.6 is 0 Å². The number of β-lactam (4-membered cyclic amide) rings is 1. The second-order valence-corrected chi connectivity index (χ2v) is 7.83. The molecule has 3 aliphatic rings. The summed E-state index contributed by atoms with van der Waals surface area (Å²) in [6, 6.07) is -0.267. The quantitative estimate of drug-likeness (QED) is 0.535. The normalized spacial score (nSPS) is 32.6. The fourth-order valence-corrected chi connectivity index (χ4v) is 4.73. The summed E-state index contributed by atoms with van der Waals surface area (Å²) in [5.74, 6) is -1.92. The molecule has 4 N–H and O–H groups in total. The lowest BCUT2D eigenvalue weighted by atomic mass is 9.77. The average molecular weight is 365 g/mol. The summed E-state index contributed by atoms with van der Waals surface area (Å²) in [6.45, 7) is 5.66. The van der Waals surface area contributed by atoms with Crippen LogP contribution in [0.15, 0.2) is 11.3 Å². The number of carbonyl (C=O) groups excluding carboxylic acids is 2. The molecule has 144 valence electrons. The van der Waals surface area contributed by atoms with Crippen LogP contribution in [-0.4, -0.2) is 69.6 Å². The molecule has 8 nitrogen and oxygen atoms in total. The summed E-state index contributed by atoms with van der Waals surface area (Å²) in [4.78, 5) is 38.6. The van der Waals surface area contributed by atoms with Crippen LogP contribution in [0.3, 0.4) is 0 Å². The Morgan fingerprint density at radius 3 is 2.65 bits per heavy atom. The molecule has 2 fully saturated rings. The fourth-order valence-electron chi connectivity index (χ4n) is 4.73. The monoisotopic (exact) mass is 365 g/mol. The Balaban J connectivity index is 1.72. The molecular weight excluding hydrogens is 338 g/mol. The maximum Gasteiger partial charge on any atom is 0.352 e. The van der Waals surface area contributed by atoms with Crippen molar-refractivity contribution < 1.29 is 24.6 Å². The Morgan fingerprint density at radius 2 is 2.08 bits per heavy atom. The molecule has 0 aromatic heterocycles. The minimum atomic E-state index is -1.09. The third-order valence-electron chi connectivity index (χ3n) is 6.08. The highest BCUT2D eigenvalue weighted by Gasteiger charge is 2.59. The molecule has 3 rings (SSSR count). The summed E-state index contributed by atoms with van der Waals surface area (Å²) >= 11 is 0.